The first-order valence-electron chi connectivity index (χ1n) is 6.21. The number of benzene rings is 2. The zero-order chi connectivity index (χ0) is 15.0. The van der Waals surface area contributed by atoms with Crippen LogP contribution in [0.4, 0.5) is 10.1 Å². The summed E-state index contributed by atoms with van der Waals surface area (Å²) < 4.78 is 19.4. The highest BCUT2D eigenvalue weighted by Gasteiger charge is 2.20. The smallest absolute Gasteiger partial charge is 0.262 e. The summed E-state index contributed by atoms with van der Waals surface area (Å²) in [6.07, 6.45) is 0. The standard InChI is InChI=1S/C15H10Br2FNO2/c16-14(9-2-1-3-10(18)15(9)17)8-4-5-12-11(6-8)19-13(20)7-21-12/h1-6,14H,7H2,(H,19,20). The average molecular weight is 415 g/mol. The van der Waals surface area contributed by atoms with Gasteiger partial charge in [-0.05, 0) is 45.3 Å². The van der Waals surface area contributed by atoms with Gasteiger partial charge in [0.15, 0.2) is 6.61 Å². The van der Waals surface area contributed by atoms with Crippen LogP contribution in [0.1, 0.15) is 16.0 Å². The summed E-state index contributed by atoms with van der Waals surface area (Å²) in [4.78, 5) is 11.2. The van der Waals surface area contributed by atoms with Crippen LogP contribution in [0.5, 0.6) is 5.75 Å². The van der Waals surface area contributed by atoms with Gasteiger partial charge in [-0.3, -0.25) is 4.79 Å². The first kappa shape index (κ1) is 14.5. The van der Waals surface area contributed by atoms with Crippen molar-refractivity contribution < 1.29 is 13.9 Å². The van der Waals surface area contributed by atoms with Gasteiger partial charge in [0, 0.05) is 0 Å². The maximum atomic E-state index is 13.6. The molecule has 21 heavy (non-hydrogen) atoms. The van der Waals surface area contributed by atoms with E-state index in [0.717, 1.165) is 11.1 Å². The van der Waals surface area contributed by atoms with E-state index in [1.165, 1.54) is 6.07 Å². The van der Waals surface area contributed by atoms with E-state index in [1.54, 1.807) is 12.1 Å². The second kappa shape index (κ2) is 5.77. The highest BCUT2D eigenvalue weighted by molar-refractivity contribution is 9.11. The van der Waals surface area contributed by atoms with E-state index < -0.39 is 0 Å². The van der Waals surface area contributed by atoms with Gasteiger partial charge in [0.25, 0.3) is 5.91 Å². The molecule has 0 aromatic heterocycles. The van der Waals surface area contributed by atoms with E-state index in [0.29, 0.717) is 15.9 Å². The maximum absolute atomic E-state index is 13.6. The largest absolute Gasteiger partial charge is 0.482 e. The van der Waals surface area contributed by atoms with Gasteiger partial charge in [0.1, 0.15) is 11.6 Å². The predicted molar refractivity (Wildman–Crippen MR) is 85.4 cm³/mol. The van der Waals surface area contributed by atoms with Crippen molar-refractivity contribution in [1.29, 1.82) is 0 Å². The van der Waals surface area contributed by atoms with Gasteiger partial charge in [0.2, 0.25) is 0 Å². The first-order chi connectivity index (χ1) is 10.1. The number of ether oxygens (including phenoxy) is 1. The number of hydrogen-bond donors (Lipinski definition) is 1. The van der Waals surface area contributed by atoms with Crippen LogP contribution in [-0.2, 0) is 4.79 Å². The molecule has 2 aromatic rings. The van der Waals surface area contributed by atoms with Crippen molar-refractivity contribution in [2.24, 2.45) is 0 Å². The second-order valence-corrected chi connectivity index (χ2v) is 6.31. The van der Waals surface area contributed by atoms with Crippen molar-refractivity contribution in [3.63, 3.8) is 0 Å². The van der Waals surface area contributed by atoms with E-state index in [2.05, 4.69) is 37.2 Å². The molecular weight excluding hydrogens is 405 g/mol. The molecule has 1 unspecified atom stereocenters. The third-order valence-corrected chi connectivity index (χ3v) is 5.04. The minimum Gasteiger partial charge on any atom is -0.482 e. The molecular formula is C15H10Br2FNO2. The van der Waals surface area contributed by atoms with E-state index in [9.17, 15) is 9.18 Å². The van der Waals surface area contributed by atoms with E-state index in [4.69, 9.17) is 4.74 Å². The Morgan fingerprint density at radius 3 is 2.90 bits per heavy atom. The van der Waals surface area contributed by atoms with Crippen molar-refractivity contribution in [3.05, 3.63) is 57.8 Å². The Morgan fingerprint density at radius 1 is 1.29 bits per heavy atom. The van der Waals surface area contributed by atoms with Gasteiger partial charge >= 0.3 is 0 Å². The number of alkyl halides is 1. The van der Waals surface area contributed by atoms with Gasteiger partial charge in [-0.1, -0.05) is 34.1 Å². The molecule has 1 amide bonds. The molecule has 0 saturated carbocycles. The summed E-state index contributed by atoms with van der Waals surface area (Å²) in [5.74, 6) is 0.139. The van der Waals surface area contributed by atoms with Crippen molar-refractivity contribution in [2.75, 3.05) is 11.9 Å². The van der Waals surface area contributed by atoms with Crippen LogP contribution in [0.25, 0.3) is 0 Å². The number of amides is 1. The van der Waals surface area contributed by atoms with Gasteiger partial charge in [-0.2, -0.15) is 0 Å². The number of rotatable bonds is 2. The fourth-order valence-electron chi connectivity index (χ4n) is 2.15. The van der Waals surface area contributed by atoms with Gasteiger partial charge in [-0.25, -0.2) is 4.39 Å². The van der Waals surface area contributed by atoms with Crippen LogP contribution >= 0.6 is 31.9 Å². The van der Waals surface area contributed by atoms with E-state index in [1.807, 2.05) is 18.2 Å². The number of nitrogens with one attached hydrogen (secondary N) is 1. The Kier molecular flexibility index (Phi) is 3.99. The lowest BCUT2D eigenvalue weighted by molar-refractivity contribution is -0.118. The maximum Gasteiger partial charge on any atom is 0.262 e. The van der Waals surface area contributed by atoms with Crippen molar-refractivity contribution in [1.82, 2.24) is 0 Å². The molecule has 0 bridgehead atoms. The third kappa shape index (κ3) is 2.82. The van der Waals surface area contributed by atoms with E-state index in [-0.39, 0.29) is 23.2 Å². The molecule has 3 rings (SSSR count). The minimum atomic E-state index is -0.313. The van der Waals surface area contributed by atoms with E-state index >= 15 is 0 Å². The number of fused-ring (bicyclic) bond motifs is 1. The highest BCUT2D eigenvalue weighted by Crippen LogP contribution is 2.39. The van der Waals surface area contributed by atoms with Crippen LogP contribution in [0.15, 0.2) is 40.9 Å². The summed E-state index contributed by atoms with van der Waals surface area (Å²) in [5.41, 5.74) is 2.30. The normalized spacial score (nSPS) is 14.9. The van der Waals surface area contributed by atoms with Crippen molar-refractivity contribution in [3.8, 4) is 5.75 Å². The summed E-state index contributed by atoms with van der Waals surface area (Å²) >= 11 is 6.83. The predicted octanol–water partition coefficient (Wildman–Crippen LogP) is 4.40. The van der Waals surface area contributed by atoms with Gasteiger partial charge < -0.3 is 10.1 Å². The number of carbonyl (C=O) groups excluding carboxylic acids is 1. The SMILES string of the molecule is O=C1COc2ccc(C(Br)c3cccc(F)c3Br)cc2N1. The lowest BCUT2D eigenvalue weighted by Gasteiger charge is -2.20. The van der Waals surface area contributed by atoms with Crippen LogP contribution in [0, 0.1) is 5.82 Å². The molecule has 0 saturated heterocycles. The van der Waals surface area contributed by atoms with Crippen LogP contribution in [-0.4, -0.2) is 12.5 Å². The molecule has 1 N–H and O–H groups in total. The van der Waals surface area contributed by atoms with Crippen LogP contribution in [0.3, 0.4) is 0 Å². The fraction of sp³-hybridized carbons (Fsp3) is 0.133. The monoisotopic (exact) mass is 413 g/mol. The van der Waals surface area contributed by atoms with Gasteiger partial charge in [-0.15, -0.1) is 0 Å². The summed E-state index contributed by atoms with van der Waals surface area (Å²) in [6, 6.07) is 10.4. The Bertz CT molecular complexity index is 721. The molecule has 108 valence electrons. The molecule has 3 nitrogen and oxygen atoms in total. The number of carbonyl (C=O) groups is 1. The fourth-order valence-corrected chi connectivity index (χ4v) is 3.62. The molecule has 0 spiro atoms. The van der Waals surface area contributed by atoms with Gasteiger partial charge in [0.05, 0.1) is 15.0 Å². The van der Waals surface area contributed by atoms with Crippen LogP contribution in [0.2, 0.25) is 0 Å². The van der Waals surface area contributed by atoms with Crippen molar-refractivity contribution >= 4 is 43.5 Å². The third-order valence-electron chi connectivity index (χ3n) is 3.18. The molecule has 0 aliphatic carbocycles. The number of hydrogen-bond acceptors (Lipinski definition) is 2. The molecule has 6 heteroatoms. The zero-order valence-electron chi connectivity index (χ0n) is 10.7. The Balaban J connectivity index is 1.98. The lowest BCUT2D eigenvalue weighted by Crippen LogP contribution is -2.25. The molecule has 1 heterocycles. The summed E-state index contributed by atoms with van der Waals surface area (Å²) in [6.45, 7) is 0.0273. The summed E-state index contributed by atoms with van der Waals surface area (Å²) in [7, 11) is 0. The average Bonchev–Trinajstić information content (AvgIpc) is 2.48. The number of anilines is 1. The first-order valence-corrected chi connectivity index (χ1v) is 7.91. The highest BCUT2D eigenvalue weighted by atomic mass is 79.9. The molecule has 1 atom stereocenters. The molecule has 0 fully saturated rings. The number of halogens is 3. The molecule has 2 aromatic carbocycles. The topological polar surface area (TPSA) is 38.3 Å². The minimum absolute atomic E-state index is 0.0273. The van der Waals surface area contributed by atoms with Crippen molar-refractivity contribution in [2.45, 2.75) is 4.83 Å². The Hall–Kier alpha value is -1.40. The molecule has 0 radical (unpaired) electrons. The Labute approximate surface area is 137 Å². The zero-order valence-corrected chi connectivity index (χ0v) is 13.9. The lowest BCUT2D eigenvalue weighted by atomic mass is 10.0. The quantitative estimate of drug-likeness (QED) is 0.739. The Morgan fingerprint density at radius 2 is 2.10 bits per heavy atom. The summed E-state index contributed by atoms with van der Waals surface area (Å²) in [5, 5.41) is 2.76. The second-order valence-electron chi connectivity index (χ2n) is 4.60. The van der Waals surface area contributed by atoms with Crippen LogP contribution < -0.4 is 10.1 Å². The molecule has 1 aliphatic rings. The molecule has 1 aliphatic heterocycles.